The zero-order valence-corrected chi connectivity index (χ0v) is 9.82. The van der Waals surface area contributed by atoms with Gasteiger partial charge in [0.05, 0.1) is 11.9 Å². The normalized spacial score (nSPS) is 11.4. The molecule has 0 unspecified atom stereocenters. The molecule has 0 aliphatic carbocycles. The highest BCUT2D eigenvalue weighted by molar-refractivity contribution is 7.92. The summed E-state index contributed by atoms with van der Waals surface area (Å²) in [6.07, 6.45) is 2.45. The number of hydrogen-bond acceptors (Lipinski definition) is 4. The standard InChI is InChI=1S/C10H11N3O3S/c1-7-2-3-10(14)9(4-7)13-17(15,16)8-5-11-12-6-8/h2-6,13-14H,1H3,(H,11,12). The number of phenols is 1. The third-order valence-electron chi connectivity index (χ3n) is 2.18. The van der Waals surface area contributed by atoms with Gasteiger partial charge in [-0.05, 0) is 24.6 Å². The Hall–Kier alpha value is -2.02. The maximum absolute atomic E-state index is 11.8. The summed E-state index contributed by atoms with van der Waals surface area (Å²) >= 11 is 0. The van der Waals surface area contributed by atoms with Crippen molar-refractivity contribution in [2.24, 2.45) is 0 Å². The molecule has 2 aromatic rings. The second-order valence-electron chi connectivity index (χ2n) is 3.56. The Morgan fingerprint density at radius 2 is 2.18 bits per heavy atom. The molecule has 17 heavy (non-hydrogen) atoms. The van der Waals surface area contributed by atoms with E-state index >= 15 is 0 Å². The summed E-state index contributed by atoms with van der Waals surface area (Å²) in [4.78, 5) is 0.0124. The first-order valence-corrected chi connectivity index (χ1v) is 6.28. The fourth-order valence-electron chi connectivity index (χ4n) is 1.32. The van der Waals surface area contributed by atoms with Crippen LogP contribution in [-0.2, 0) is 10.0 Å². The minimum absolute atomic E-state index is 0.0124. The molecule has 0 spiro atoms. The molecular formula is C10H11N3O3S. The number of nitrogens with zero attached hydrogens (tertiary/aromatic N) is 1. The average Bonchev–Trinajstić information content (AvgIpc) is 2.77. The molecule has 6 nitrogen and oxygen atoms in total. The molecule has 0 aliphatic heterocycles. The molecule has 0 saturated carbocycles. The van der Waals surface area contributed by atoms with E-state index in [1.54, 1.807) is 19.1 Å². The van der Waals surface area contributed by atoms with Gasteiger partial charge in [0.15, 0.2) is 0 Å². The van der Waals surface area contributed by atoms with Crippen molar-refractivity contribution >= 4 is 15.7 Å². The van der Waals surface area contributed by atoms with Crippen LogP contribution in [0, 0.1) is 6.92 Å². The lowest BCUT2D eigenvalue weighted by molar-refractivity contribution is 0.477. The first kappa shape index (κ1) is 11.5. The number of sulfonamides is 1. The summed E-state index contributed by atoms with van der Waals surface area (Å²) in [5, 5.41) is 15.5. The summed E-state index contributed by atoms with van der Waals surface area (Å²) in [5.74, 6) is -0.123. The summed E-state index contributed by atoms with van der Waals surface area (Å²) < 4.78 is 26.0. The van der Waals surface area contributed by atoms with Crippen molar-refractivity contribution in [3.8, 4) is 5.75 Å². The molecule has 0 fully saturated rings. The third-order valence-corrected chi connectivity index (χ3v) is 3.51. The molecule has 0 atom stereocenters. The Morgan fingerprint density at radius 3 is 2.82 bits per heavy atom. The lowest BCUT2D eigenvalue weighted by Crippen LogP contribution is -2.12. The Kier molecular flexibility index (Phi) is 2.76. The second-order valence-corrected chi connectivity index (χ2v) is 5.24. The van der Waals surface area contributed by atoms with E-state index in [0.717, 1.165) is 5.56 Å². The van der Waals surface area contributed by atoms with Crippen LogP contribution in [0.3, 0.4) is 0 Å². The largest absolute Gasteiger partial charge is 0.506 e. The monoisotopic (exact) mass is 253 g/mol. The van der Waals surface area contributed by atoms with E-state index in [-0.39, 0.29) is 16.3 Å². The quantitative estimate of drug-likeness (QED) is 0.717. The lowest BCUT2D eigenvalue weighted by atomic mass is 10.2. The van der Waals surface area contributed by atoms with Crippen molar-refractivity contribution in [2.75, 3.05) is 4.72 Å². The van der Waals surface area contributed by atoms with E-state index in [4.69, 9.17) is 0 Å². The van der Waals surface area contributed by atoms with Crippen molar-refractivity contribution in [2.45, 2.75) is 11.8 Å². The topological polar surface area (TPSA) is 95.1 Å². The summed E-state index contributed by atoms with van der Waals surface area (Å²) in [6.45, 7) is 1.80. The van der Waals surface area contributed by atoms with Gasteiger partial charge in [-0.1, -0.05) is 6.07 Å². The van der Waals surface area contributed by atoms with Crippen LogP contribution in [0.25, 0.3) is 0 Å². The highest BCUT2D eigenvalue weighted by atomic mass is 32.2. The maximum Gasteiger partial charge on any atom is 0.265 e. The van der Waals surface area contributed by atoms with Crippen LogP contribution in [0.5, 0.6) is 5.75 Å². The van der Waals surface area contributed by atoms with Crippen LogP contribution >= 0.6 is 0 Å². The number of hydrogen-bond donors (Lipinski definition) is 3. The van der Waals surface area contributed by atoms with E-state index in [0.29, 0.717) is 0 Å². The van der Waals surface area contributed by atoms with Crippen LogP contribution in [0.4, 0.5) is 5.69 Å². The molecule has 0 radical (unpaired) electrons. The fourth-order valence-corrected chi connectivity index (χ4v) is 2.29. The Labute approximate surface area is 98.4 Å². The highest BCUT2D eigenvalue weighted by Crippen LogP contribution is 2.26. The predicted octanol–water partition coefficient (Wildman–Crippen LogP) is 1.22. The number of H-pyrrole nitrogens is 1. The number of anilines is 1. The van der Waals surface area contributed by atoms with Crippen molar-refractivity contribution < 1.29 is 13.5 Å². The molecule has 0 bridgehead atoms. The van der Waals surface area contributed by atoms with E-state index < -0.39 is 10.0 Å². The van der Waals surface area contributed by atoms with Gasteiger partial charge >= 0.3 is 0 Å². The molecule has 90 valence electrons. The van der Waals surface area contributed by atoms with Crippen LogP contribution < -0.4 is 4.72 Å². The van der Waals surface area contributed by atoms with Crippen LogP contribution in [-0.4, -0.2) is 23.7 Å². The number of rotatable bonds is 3. The van der Waals surface area contributed by atoms with Gasteiger partial charge in [-0.25, -0.2) is 8.42 Å². The van der Waals surface area contributed by atoms with Crippen LogP contribution in [0.15, 0.2) is 35.5 Å². The molecular weight excluding hydrogens is 242 g/mol. The molecule has 0 aliphatic rings. The minimum Gasteiger partial charge on any atom is -0.506 e. The number of aromatic hydroxyl groups is 1. The molecule has 3 N–H and O–H groups in total. The number of aryl methyl sites for hydroxylation is 1. The van der Waals surface area contributed by atoms with E-state index in [2.05, 4.69) is 14.9 Å². The first-order valence-electron chi connectivity index (χ1n) is 4.80. The van der Waals surface area contributed by atoms with E-state index in [1.165, 1.54) is 18.5 Å². The van der Waals surface area contributed by atoms with Crippen molar-refractivity contribution in [1.29, 1.82) is 0 Å². The van der Waals surface area contributed by atoms with E-state index in [9.17, 15) is 13.5 Å². The van der Waals surface area contributed by atoms with Gasteiger partial charge in [0.2, 0.25) is 0 Å². The minimum atomic E-state index is -3.71. The second kappa shape index (κ2) is 4.10. The van der Waals surface area contributed by atoms with E-state index in [1.807, 2.05) is 0 Å². The van der Waals surface area contributed by atoms with Gasteiger partial charge < -0.3 is 5.11 Å². The molecule has 0 saturated heterocycles. The number of benzene rings is 1. The molecule has 1 aromatic heterocycles. The Bertz CT molecular complexity index is 620. The first-order chi connectivity index (χ1) is 7.99. The lowest BCUT2D eigenvalue weighted by Gasteiger charge is -2.08. The smallest absolute Gasteiger partial charge is 0.265 e. The van der Waals surface area contributed by atoms with Gasteiger partial charge in [-0.2, -0.15) is 5.10 Å². The van der Waals surface area contributed by atoms with Crippen molar-refractivity contribution in [3.05, 3.63) is 36.2 Å². The zero-order valence-electron chi connectivity index (χ0n) is 9.01. The third kappa shape index (κ3) is 2.39. The fraction of sp³-hybridized carbons (Fsp3) is 0.100. The van der Waals surface area contributed by atoms with Crippen molar-refractivity contribution in [1.82, 2.24) is 10.2 Å². The van der Waals surface area contributed by atoms with Gasteiger partial charge in [-0.3, -0.25) is 9.82 Å². The van der Waals surface area contributed by atoms with Gasteiger partial charge in [0.1, 0.15) is 10.6 Å². The molecule has 0 amide bonds. The van der Waals surface area contributed by atoms with Crippen molar-refractivity contribution in [3.63, 3.8) is 0 Å². The number of nitrogens with one attached hydrogen (secondary N) is 2. The number of phenolic OH excluding ortho intramolecular Hbond substituents is 1. The van der Waals surface area contributed by atoms with Gasteiger partial charge in [-0.15, -0.1) is 0 Å². The molecule has 7 heteroatoms. The van der Waals surface area contributed by atoms with Crippen LogP contribution in [0.2, 0.25) is 0 Å². The Balaban J connectivity index is 2.36. The molecule has 1 heterocycles. The number of aromatic nitrogens is 2. The van der Waals surface area contributed by atoms with Crippen LogP contribution in [0.1, 0.15) is 5.56 Å². The summed E-state index contributed by atoms with van der Waals surface area (Å²) in [6, 6.07) is 4.67. The number of aromatic amines is 1. The van der Waals surface area contributed by atoms with Gasteiger partial charge in [0, 0.05) is 6.20 Å². The molecule has 1 aromatic carbocycles. The average molecular weight is 253 g/mol. The zero-order chi connectivity index (χ0) is 12.5. The SMILES string of the molecule is Cc1ccc(O)c(NS(=O)(=O)c2cn[nH]c2)c1. The van der Waals surface area contributed by atoms with Gasteiger partial charge in [0.25, 0.3) is 10.0 Å². The predicted molar refractivity (Wildman–Crippen MR) is 62.2 cm³/mol. The molecule has 2 rings (SSSR count). The summed E-state index contributed by atoms with van der Waals surface area (Å²) in [5.41, 5.74) is 0.985. The highest BCUT2D eigenvalue weighted by Gasteiger charge is 2.16. The maximum atomic E-state index is 11.8. The Morgan fingerprint density at radius 1 is 1.41 bits per heavy atom. The summed E-state index contributed by atoms with van der Waals surface area (Å²) in [7, 11) is -3.71.